The Morgan fingerprint density at radius 2 is 1.79 bits per heavy atom. The third-order valence-electron chi connectivity index (χ3n) is 11.2. The third kappa shape index (κ3) is 4.91. The summed E-state index contributed by atoms with van der Waals surface area (Å²) in [6.45, 7) is 12.0. The molecule has 38 heavy (non-hydrogen) atoms. The van der Waals surface area contributed by atoms with E-state index in [0.717, 1.165) is 48.7 Å². The second kappa shape index (κ2) is 10.7. The molecule has 1 aromatic rings. The molecule has 3 saturated carbocycles. The number of carbonyl (C=O) groups excluding carboxylic acids is 1. The van der Waals surface area contributed by atoms with Crippen LogP contribution in [0.4, 0.5) is 0 Å². The lowest BCUT2D eigenvalue weighted by atomic mass is 9.47. The van der Waals surface area contributed by atoms with Crippen molar-refractivity contribution in [2.24, 2.45) is 40.4 Å². The van der Waals surface area contributed by atoms with Gasteiger partial charge < -0.3 is 9.47 Å². The summed E-state index contributed by atoms with van der Waals surface area (Å²) in [5.41, 5.74) is 4.26. The molecule has 206 valence electrons. The van der Waals surface area contributed by atoms with Gasteiger partial charge in [-0.25, -0.2) is 4.79 Å². The number of rotatable bonds is 6. The van der Waals surface area contributed by atoms with Crippen molar-refractivity contribution in [1.29, 1.82) is 0 Å². The van der Waals surface area contributed by atoms with Crippen molar-refractivity contribution in [3.8, 4) is 5.75 Å². The van der Waals surface area contributed by atoms with Gasteiger partial charge in [-0.05, 0) is 123 Å². The maximum atomic E-state index is 12.8. The van der Waals surface area contributed by atoms with Crippen LogP contribution in [0.5, 0.6) is 5.75 Å². The van der Waals surface area contributed by atoms with Crippen molar-refractivity contribution >= 4 is 5.97 Å². The molecular weight excluding hydrogens is 468 g/mol. The summed E-state index contributed by atoms with van der Waals surface area (Å²) in [5, 5.41) is 0. The zero-order valence-electron chi connectivity index (χ0n) is 24.5. The summed E-state index contributed by atoms with van der Waals surface area (Å²) in [5.74, 6) is 4.39. The number of hydrogen-bond donors (Lipinski definition) is 0. The Hall–Kier alpha value is -2.29. The lowest BCUT2D eigenvalue weighted by Crippen LogP contribution is -2.51. The average molecular weight is 517 g/mol. The number of hydrogen-bond acceptors (Lipinski definition) is 3. The van der Waals surface area contributed by atoms with E-state index in [4.69, 9.17) is 9.47 Å². The Labute approximate surface area is 230 Å². The summed E-state index contributed by atoms with van der Waals surface area (Å²) < 4.78 is 11.2. The Morgan fingerprint density at radius 1 is 1.03 bits per heavy atom. The molecule has 0 N–H and O–H groups in total. The van der Waals surface area contributed by atoms with Crippen LogP contribution in [0.2, 0.25) is 0 Å². The van der Waals surface area contributed by atoms with Crippen LogP contribution in [0.25, 0.3) is 0 Å². The molecule has 3 heteroatoms. The van der Waals surface area contributed by atoms with Crippen LogP contribution in [0.3, 0.4) is 0 Å². The minimum absolute atomic E-state index is 0.0152. The molecule has 0 heterocycles. The molecule has 0 saturated heterocycles. The van der Waals surface area contributed by atoms with E-state index in [-0.39, 0.29) is 17.5 Å². The monoisotopic (exact) mass is 516 g/mol. The summed E-state index contributed by atoms with van der Waals surface area (Å²) in [4.78, 5) is 12.8. The van der Waals surface area contributed by atoms with Crippen LogP contribution in [0, 0.1) is 40.4 Å². The quantitative estimate of drug-likeness (QED) is 0.215. The molecule has 3 fully saturated rings. The van der Waals surface area contributed by atoms with Crippen molar-refractivity contribution in [3.05, 3.63) is 65.3 Å². The van der Waals surface area contributed by atoms with E-state index in [0.29, 0.717) is 16.9 Å². The van der Waals surface area contributed by atoms with E-state index in [2.05, 4.69) is 58.9 Å². The first-order valence-electron chi connectivity index (χ1n) is 15.0. The molecule has 3 nitrogen and oxygen atoms in total. The molecule has 4 aliphatic rings. The number of ether oxygens (including phenoxy) is 2. The summed E-state index contributed by atoms with van der Waals surface area (Å²) in [6, 6.07) is 7.24. The van der Waals surface area contributed by atoms with Crippen LogP contribution in [-0.2, 0) is 4.74 Å². The van der Waals surface area contributed by atoms with Crippen LogP contribution in [0.1, 0.15) is 96.3 Å². The maximum absolute atomic E-state index is 12.8. The number of methoxy groups -OCH3 is 1. The number of allylic oxidation sites excluding steroid dienone is 5. The van der Waals surface area contributed by atoms with E-state index in [1.54, 1.807) is 24.8 Å². The Balaban J connectivity index is 1.27. The van der Waals surface area contributed by atoms with Gasteiger partial charge in [0.25, 0.3) is 0 Å². The molecule has 5 rings (SSSR count). The van der Waals surface area contributed by atoms with Gasteiger partial charge in [0.2, 0.25) is 0 Å². The second-order valence-corrected chi connectivity index (χ2v) is 13.5. The standard InChI is InChI=1S/C35H48O3/c1-23(2)8-7-9-24(3)30-16-17-31-29-15-12-26-22-28(38-33(36)25-10-13-27(37-6)14-11-25)18-20-34(26,4)32(29)19-21-35(30,31)5/h7-14,24,28-32H,15-22H2,1-6H3/b9-7+/t24-,28-,29+,30-,31+,32+,34+,35-/m1/s1. The molecule has 8 atom stereocenters. The molecule has 0 aromatic heterocycles. The minimum atomic E-state index is -0.214. The van der Waals surface area contributed by atoms with Gasteiger partial charge in [0, 0.05) is 6.42 Å². The molecule has 0 radical (unpaired) electrons. The van der Waals surface area contributed by atoms with E-state index in [1.165, 1.54) is 37.7 Å². The normalized spacial score (nSPS) is 36.9. The van der Waals surface area contributed by atoms with E-state index >= 15 is 0 Å². The minimum Gasteiger partial charge on any atom is -0.497 e. The largest absolute Gasteiger partial charge is 0.497 e. The zero-order chi connectivity index (χ0) is 27.1. The van der Waals surface area contributed by atoms with Crippen LogP contribution >= 0.6 is 0 Å². The first-order chi connectivity index (χ1) is 18.2. The molecule has 4 aliphatic carbocycles. The lowest BCUT2D eigenvalue weighted by molar-refractivity contribution is -0.0565. The third-order valence-corrected chi connectivity index (χ3v) is 11.2. The molecule has 1 aromatic carbocycles. The van der Waals surface area contributed by atoms with Crippen LogP contribution in [0.15, 0.2) is 59.7 Å². The van der Waals surface area contributed by atoms with Gasteiger partial charge in [-0.1, -0.05) is 56.2 Å². The van der Waals surface area contributed by atoms with Gasteiger partial charge in [0.05, 0.1) is 12.7 Å². The zero-order valence-corrected chi connectivity index (χ0v) is 24.5. The van der Waals surface area contributed by atoms with E-state index < -0.39 is 0 Å². The van der Waals surface area contributed by atoms with E-state index in [9.17, 15) is 4.79 Å². The van der Waals surface area contributed by atoms with Gasteiger partial charge >= 0.3 is 5.97 Å². The fourth-order valence-corrected chi connectivity index (χ4v) is 9.14. The summed E-state index contributed by atoms with van der Waals surface area (Å²) in [7, 11) is 1.64. The number of benzene rings is 1. The Morgan fingerprint density at radius 3 is 2.50 bits per heavy atom. The van der Waals surface area contributed by atoms with Gasteiger partial charge in [-0.3, -0.25) is 0 Å². The fraction of sp³-hybridized carbons (Fsp3) is 0.629. The molecule has 0 bridgehead atoms. The van der Waals surface area contributed by atoms with Gasteiger partial charge in [0.1, 0.15) is 11.9 Å². The highest BCUT2D eigenvalue weighted by Gasteiger charge is 2.59. The maximum Gasteiger partial charge on any atom is 0.338 e. The lowest BCUT2D eigenvalue weighted by Gasteiger charge is -2.58. The van der Waals surface area contributed by atoms with Crippen molar-refractivity contribution in [2.75, 3.05) is 7.11 Å². The summed E-state index contributed by atoms with van der Waals surface area (Å²) >= 11 is 0. The number of fused-ring (bicyclic) bond motifs is 5. The summed E-state index contributed by atoms with van der Waals surface area (Å²) in [6.07, 6.45) is 19.3. The highest BCUT2D eigenvalue weighted by atomic mass is 16.5. The predicted octanol–water partition coefficient (Wildman–Crippen LogP) is 8.96. The molecule has 0 spiro atoms. The van der Waals surface area contributed by atoms with Crippen molar-refractivity contribution in [1.82, 2.24) is 0 Å². The van der Waals surface area contributed by atoms with Crippen molar-refractivity contribution in [3.63, 3.8) is 0 Å². The Kier molecular flexibility index (Phi) is 7.68. The second-order valence-electron chi connectivity index (χ2n) is 13.5. The number of carbonyl (C=O) groups is 1. The molecule has 0 unspecified atom stereocenters. The van der Waals surface area contributed by atoms with Crippen LogP contribution < -0.4 is 4.74 Å². The van der Waals surface area contributed by atoms with Gasteiger partial charge in [-0.2, -0.15) is 0 Å². The van der Waals surface area contributed by atoms with E-state index in [1.807, 2.05) is 12.1 Å². The Bertz CT molecular complexity index is 1110. The van der Waals surface area contributed by atoms with Crippen molar-refractivity contribution < 1.29 is 14.3 Å². The SMILES string of the molecule is COc1ccc(C(=O)O[C@@H]2CC[C@@]3(C)C(=CC[C@H]4[C@@H]5CC[C@H]([C@H](C)/C=C/C=C(C)C)[C@@]5(C)CC[C@@H]43)C2)cc1. The molecular formula is C35H48O3. The topological polar surface area (TPSA) is 35.5 Å². The number of esters is 1. The fourth-order valence-electron chi connectivity index (χ4n) is 9.14. The van der Waals surface area contributed by atoms with Crippen LogP contribution in [-0.4, -0.2) is 19.2 Å². The first kappa shape index (κ1) is 27.3. The predicted molar refractivity (Wildman–Crippen MR) is 155 cm³/mol. The highest BCUT2D eigenvalue weighted by molar-refractivity contribution is 5.89. The highest BCUT2D eigenvalue weighted by Crippen LogP contribution is 2.67. The van der Waals surface area contributed by atoms with Gasteiger partial charge in [0.15, 0.2) is 0 Å². The van der Waals surface area contributed by atoms with Crippen molar-refractivity contribution in [2.45, 2.75) is 92.1 Å². The smallest absolute Gasteiger partial charge is 0.338 e. The van der Waals surface area contributed by atoms with Gasteiger partial charge in [-0.15, -0.1) is 0 Å². The first-order valence-corrected chi connectivity index (χ1v) is 15.0. The molecule has 0 amide bonds. The molecule has 0 aliphatic heterocycles. The average Bonchev–Trinajstić information content (AvgIpc) is 3.26.